The van der Waals surface area contributed by atoms with E-state index in [0.29, 0.717) is 16.9 Å². The molecule has 2 aromatic rings. The molecule has 2 atom stereocenters. The van der Waals surface area contributed by atoms with Gasteiger partial charge in [0.25, 0.3) is 0 Å². The number of amides is 1. The fourth-order valence-corrected chi connectivity index (χ4v) is 4.70. The van der Waals surface area contributed by atoms with E-state index < -0.39 is 11.2 Å². The molecule has 1 saturated carbocycles. The molecule has 0 bridgehead atoms. The second kappa shape index (κ2) is 6.55. The number of benzene rings is 1. The van der Waals surface area contributed by atoms with Gasteiger partial charge in [0.1, 0.15) is 11.6 Å². The minimum absolute atomic E-state index is 0.0400. The van der Waals surface area contributed by atoms with Crippen LogP contribution in [0.3, 0.4) is 0 Å². The van der Waals surface area contributed by atoms with Crippen molar-refractivity contribution < 1.29 is 13.6 Å². The monoisotopic (exact) mass is 391 g/mol. The Morgan fingerprint density at radius 3 is 2.96 bits per heavy atom. The van der Waals surface area contributed by atoms with Crippen molar-refractivity contribution >= 4 is 18.1 Å². The summed E-state index contributed by atoms with van der Waals surface area (Å²) in [6.45, 7) is 3.35. The number of unbranched alkanes of at least 4 members (excludes halogenated alkanes) is 1. The van der Waals surface area contributed by atoms with E-state index in [0.717, 1.165) is 43.3 Å². The van der Waals surface area contributed by atoms with Crippen LogP contribution in [-0.2, 0) is 23.2 Å². The van der Waals surface area contributed by atoms with Crippen LogP contribution in [0.25, 0.3) is 0 Å². The van der Waals surface area contributed by atoms with Crippen molar-refractivity contribution in [3.05, 3.63) is 51.6 Å². The molecule has 0 saturated heterocycles. The van der Waals surface area contributed by atoms with Gasteiger partial charge in [-0.1, -0.05) is 13.3 Å². The van der Waals surface area contributed by atoms with E-state index in [1.54, 1.807) is 4.90 Å². The van der Waals surface area contributed by atoms with Crippen LogP contribution < -0.4 is 0 Å². The number of likely N-dealkylation sites (N-methyl/N-ethyl adjacent to an activating group) is 1. The normalized spacial score (nSPS) is 22.4. The van der Waals surface area contributed by atoms with Gasteiger partial charge in [-0.25, -0.2) is 8.78 Å². The number of carbonyl (C=O) groups excluding carboxylic acids is 1. The number of carbonyl (C=O) groups is 1. The average molecular weight is 391 g/mol. The maximum Gasteiger partial charge on any atom is 0.228 e. The van der Waals surface area contributed by atoms with E-state index in [1.165, 1.54) is 12.1 Å². The molecule has 27 heavy (non-hydrogen) atoms. The molecule has 7 heteroatoms. The molecule has 1 amide bonds. The smallest absolute Gasteiger partial charge is 0.228 e. The lowest BCUT2D eigenvalue weighted by atomic mass is 9.93. The Morgan fingerprint density at radius 1 is 1.44 bits per heavy atom. The number of H-pyrrole nitrogens is 1. The highest BCUT2D eigenvalue weighted by Gasteiger charge is 2.63. The molecule has 1 N–H and O–H groups in total. The van der Waals surface area contributed by atoms with E-state index in [4.69, 9.17) is 12.2 Å². The van der Waals surface area contributed by atoms with E-state index >= 15 is 0 Å². The molecule has 144 valence electrons. The van der Waals surface area contributed by atoms with Crippen molar-refractivity contribution in [3.63, 3.8) is 0 Å². The highest BCUT2D eigenvalue weighted by molar-refractivity contribution is 7.71. The lowest BCUT2D eigenvalue weighted by molar-refractivity contribution is -0.129. The molecule has 1 aromatic heterocycles. The topological polar surface area (TPSA) is 41.0 Å². The first-order valence-electron chi connectivity index (χ1n) is 9.38. The lowest BCUT2D eigenvalue weighted by Gasteiger charge is -2.16. The maximum atomic E-state index is 14.4. The van der Waals surface area contributed by atoms with Crippen LogP contribution in [-0.4, -0.2) is 34.0 Å². The number of nitrogens with one attached hydrogen (secondary N) is 1. The first-order valence-corrected chi connectivity index (χ1v) is 9.79. The Kier molecular flexibility index (Phi) is 4.45. The number of halogens is 2. The van der Waals surface area contributed by atoms with Gasteiger partial charge in [0, 0.05) is 42.9 Å². The SMILES string of the molecule is CCCCN(C)C(=O)Cc1[nH]c(=S)n2c1C1C[C@]1(c1cc(F)ccc1F)C2. The second-order valence-electron chi connectivity index (χ2n) is 7.76. The molecular weight excluding hydrogens is 368 g/mol. The van der Waals surface area contributed by atoms with Crippen LogP contribution >= 0.6 is 12.2 Å². The molecule has 0 radical (unpaired) electrons. The maximum absolute atomic E-state index is 14.4. The summed E-state index contributed by atoms with van der Waals surface area (Å²) < 4.78 is 30.6. The van der Waals surface area contributed by atoms with Gasteiger partial charge in [-0.3, -0.25) is 4.79 Å². The van der Waals surface area contributed by atoms with Crippen LogP contribution in [0.15, 0.2) is 18.2 Å². The van der Waals surface area contributed by atoms with Crippen molar-refractivity contribution in [1.29, 1.82) is 0 Å². The van der Waals surface area contributed by atoms with Crippen molar-refractivity contribution in [1.82, 2.24) is 14.5 Å². The number of aromatic nitrogens is 2. The number of hydrogen-bond acceptors (Lipinski definition) is 2. The van der Waals surface area contributed by atoms with Gasteiger partial charge < -0.3 is 14.5 Å². The van der Waals surface area contributed by atoms with Crippen molar-refractivity contribution in [2.24, 2.45) is 0 Å². The van der Waals surface area contributed by atoms with Gasteiger partial charge >= 0.3 is 0 Å². The van der Waals surface area contributed by atoms with E-state index in [2.05, 4.69) is 11.9 Å². The Bertz CT molecular complexity index is 967. The zero-order valence-electron chi connectivity index (χ0n) is 15.5. The Morgan fingerprint density at radius 2 is 2.22 bits per heavy atom. The summed E-state index contributed by atoms with van der Waals surface area (Å²) >= 11 is 5.43. The van der Waals surface area contributed by atoms with Crippen LogP contribution in [0.4, 0.5) is 8.78 Å². The molecule has 2 aliphatic rings. The summed E-state index contributed by atoms with van der Waals surface area (Å²) in [6.07, 6.45) is 3.01. The fourth-order valence-electron chi connectivity index (χ4n) is 4.41. The van der Waals surface area contributed by atoms with Gasteiger partial charge in [0.2, 0.25) is 5.91 Å². The predicted molar refractivity (Wildman–Crippen MR) is 101 cm³/mol. The van der Waals surface area contributed by atoms with Crippen molar-refractivity contribution in [3.8, 4) is 0 Å². The number of hydrogen-bond donors (Lipinski definition) is 1. The summed E-state index contributed by atoms with van der Waals surface area (Å²) in [6, 6.07) is 3.64. The predicted octanol–water partition coefficient (Wildman–Crippen LogP) is 4.06. The summed E-state index contributed by atoms with van der Waals surface area (Å²) in [5.41, 5.74) is 1.79. The van der Waals surface area contributed by atoms with E-state index in [-0.39, 0.29) is 24.1 Å². The van der Waals surface area contributed by atoms with E-state index in [9.17, 15) is 13.6 Å². The quantitative estimate of drug-likeness (QED) is 0.755. The van der Waals surface area contributed by atoms with Crippen LogP contribution in [0.2, 0.25) is 0 Å². The number of rotatable bonds is 6. The molecule has 1 aliphatic heterocycles. The van der Waals surface area contributed by atoms with Gasteiger partial charge in [-0.2, -0.15) is 0 Å². The number of aromatic amines is 1. The number of fused-ring (bicyclic) bond motifs is 3. The summed E-state index contributed by atoms with van der Waals surface area (Å²) in [5, 5.41) is 0. The fraction of sp³-hybridized carbons (Fsp3) is 0.500. The third-order valence-electron chi connectivity index (χ3n) is 6.01. The Hall–Kier alpha value is -2.02. The molecule has 0 spiro atoms. The van der Waals surface area contributed by atoms with E-state index in [1.807, 2.05) is 11.6 Å². The molecule has 1 unspecified atom stereocenters. The molecule has 2 heterocycles. The molecule has 4 nitrogen and oxygen atoms in total. The molecule has 1 fully saturated rings. The highest BCUT2D eigenvalue weighted by atomic mass is 32.1. The zero-order chi connectivity index (χ0) is 19.3. The van der Waals surface area contributed by atoms with Gasteiger partial charge in [0.15, 0.2) is 4.77 Å². The second-order valence-corrected chi connectivity index (χ2v) is 8.15. The summed E-state index contributed by atoms with van der Waals surface area (Å²) in [4.78, 5) is 17.5. The Labute approximate surface area is 162 Å². The van der Waals surface area contributed by atoms with Gasteiger partial charge in [-0.05, 0) is 48.8 Å². The van der Waals surface area contributed by atoms with Gasteiger partial charge in [0.05, 0.1) is 6.42 Å². The third kappa shape index (κ3) is 2.92. The summed E-state index contributed by atoms with van der Waals surface area (Å²) in [5.74, 6) is -0.693. The molecular formula is C20H23F2N3OS. The minimum atomic E-state index is -0.434. The van der Waals surface area contributed by atoms with Crippen LogP contribution in [0, 0.1) is 16.4 Å². The first-order chi connectivity index (χ1) is 12.9. The summed E-state index contributed by atoms with van der Waals surface area (Å²) in [7, 11) is 1.81. The highest BCUT2D eigenvalue weighted by Crippen LogP contribution is 2.66. The molecule has 4 rings (SSSR count). The molecule has 1 aliphatic carbocycles. The molecule has 1 aromatic carbocycles. The van der Waals surface area contributed by atoms with Gasteiger partial charge in [-0.15, -0.1) is 0 Å². The standard InChI is InChI=1S/C20H23F2N3OS/c1-3-4-7-24(2)17(26)9-16-18-14-10-20(14,11-25(18)19(27)23-16)13-8-12(21)5-6-15(13)22/h5-6,8,14H,3-4,7,9-11H2,1-2H3,(H,23,27)/t14?,20-/m1/s1. The largest absolute Gasteiger partial charge is 0.345 e. The van der Waals surface area contributed by atoms with Crippen molar-refractivity contribution in [2.45, 2.75) is 50.5 Å². The Balaban J connectivity index is 1.61. The average Bonchev–Trinajstić information content (AvgIpc) is 3.13. The minimum Gasteiger partial charge on any atom is -0.345 e. The van der Waals surface area contributed by atoms with Crippen LogP contribution in [0.1, 0.15) is 49.1 Å². The van der Waals surface area contributed by atoms with Crippen LogP contribution in [0.5, 0.6) is 0 Å². The van der Waals surface area contributed by atoms with Crippen molar-refractivity contribution in [2.75, 3.05) is 13.6 Å². The zero-order valence-corrected chi connectivity index (χ0v) is 16.3. The lowest BCUT2D eigenvalue weighted by Crippen LogP contribution is -2.29. The first kappa shape index (κ1) is 18.3. The number of nitrogens with zero attached hydrogens (tertiary/aromatic N) is 2. The third-order valence-corrected chi connectivity index (χ3v) is 6.34. The number of imidazole rings is 1.